The first-order valence-electron chi connectivity index (χ1n) is 13.2. The van der Waals surface area contributed by atoms with Crippen LogP contribution < -0.4 is 9.80 Å². The predicted octanol–water partition coefficient (Wildman–Crippen LogP) is 9.06. The third kappa shape index (κ3) is 3.43. The summed E-state index contributed by atoms with van der Waals surface area (Å²) < 4.78 is 0. The van der Waals surface area contributed by atoms with Gasteiger partial charge in [-0.3, -0.25) is 0 Å². The summed E-state index contributed by atoms with van der Waals surface area (Å²) in [5.41, 5.74) is 11.3. The second-order valence-electron chi connectivity index (χ2n) is 12.9. The molecular weight excluding hydrogens is 424 g/mol. The van der Waals surface area contributed by atoms with Crippen LogP contribution in [0.1, 0.15) is 87.3 Å². The average molecular weight is 471 g/mol. The molecule has 0 aliphatic carbocycles. The first-order valence-corrected chi connectivity index (χ1v) is 13.2. The van der Waals surface area contributed by atoms with Crippen LogP contribution >= 0.6 is 0 Å². The van der Waals surface area contributed by atoms with Crippen LogP contribution in [0.2, 0.25) is 0 Å². The molecule has 0 unspecified atom stereocenters. The van der Waals surface area contributed by atoms with Gasteiger partial charge in [0.05, 0.1) is 0 Å². The molecule has 0 spiro atoms. The molecule has 0 bridgehead atoms. The number of para-hydroxylation sites is 2. The highest BCUT2D eigenvalue weighted by Gasteiger charge is 2.52. The summed E-state index contributed by atoms with van der Waals surface area (Å²) in [5, 5.41) is 0. The molecular formula is C33H46N2. The normalized spacial score (nSPS) is 22.4. The third-order valence-corrected chi connectivity index (χ3v) is 10.6. The SMILES string of the molecule is CC1=C(C)C(C)(C)C(C)(C)N1c1c(C)cccc1CC1=C(C)C(C)(C)C(C)(C)N1c1ccccc1. The van der Waals surface area contributed by atoms with Gasteiger partial charge in [-0.15, -0.1) is 0 Å². The van der Waals surface area contributed by atoms with E-state index in [4.69, 9.17) is 0 Å². The van der Waals surface area contributed by atoms with Crippen molar-refractivity contribution in [1.82, 2.24) is 0 Å². The van der Waals surface area contributed by atoms with Crippen molar-refractivity contribution in [3.63, 3.8) is 0 Å². The number of rotatable bonds is 4. The van der Waals surface area contributed by atoms with Gasteiger partial charge in [0, 0.05) is 51.1 Å². The zero-order valence-electron chi connectivity index (χ0n) is 24.2. The Kier molecular flexibility index (Phi) is 5.86. The topological polar surface area (TPSA) is 6.48 Å². The molecule has 0 saturated carbocycles. The van der Waals surface area contributed by atoms with Gasteiger partial charge in [-0.1, -0.05) is 64.1 Å². The Balaban J connectivity index is 1.90. The van der Waals surface area contributed by atoms with Crippen LogP contribution in [0.4, 0.5) is 11.4 Å². The minimum absolute atomic E-state index is 0.0151. The number of nitrogens with zero attached hydrogens (tertiary/aromatic N) is 2. The lowest BCUT2D eigenvalue weighted by Gasteiger charge is -2.46. The van der Waals surface area contributed by atoms with Crippen LogP contribution in [0.15, 0.2) is 71.1 Å². The zero-order valence-corrected chi connectivity index (χ0v) is 24.2. The number of hydrogen-bond acceptors (Lipinski definition) is 2. The first kappa shape index (κ1) is 25.6. The highest BCUT2D eigenvalue weighted by Crippen LogP contribution is 2.56. The molecule has 0 saturated heterocycles. The Morgan fingerprint density at radius 1 is 0.600 bits per heavy atom. The Bertz CT molecular complexity index is 1200. The molecule has 0 radical (unpaired) electrons. The summed E-state index contributed by atoms with van der Waals surface area (Å²) in [6, 6.07) is 17.8. The van der Waals surface area contributed by atoms with Crippen LogP contribution in [0.5, 0.6) is 0 Å². The maximum Gasteiger partial charge on any atom is 0.0480 e. The van der Waals surface area contributed by atoms with Gasteiger partial charge in [0.2, 0.25) is 0 Å². The van der Waals surface area contributed by atoms with E-state index >= 15 is 0 Å². The monoisotopic (exact) mass is 470 g/mol. The van der Waals surface area contributed by atoms with Crippen molar-refractivity contribution >= 4 is 11.4 Å². The molecule has 0 fully saturated rings. The fraction of sp³-hybridized carbons (Fsp3) is 0.515. The minimum atomic E-state index is -0.0287. The molecule has 188 valence electrons. The van der Waals surface area contributed by atoms with E-state index in [0.29, 0.717) is 0 Å². The van der Waals surface area contributed by atoms with Crippen molar-refractivity contribution in [2.75, 3.05) is 9.80 Å². The number of anilines is 2. The van der Waals surface area contributed by atoms with E-state index in [2.05, 4.69) is 141 Å². The molecule has 0 N–H and O–H groups in total. The quantitative estimate of drug-likeness (QED) is 0.440. The number of hydrogen-bond donors (Lipinski definition) is 0. The summed E-state index contributed by atoms with van der Waals surface area (Å²) in [6.45, 7) is 28.5. The molecule has 2 aromatic rings. The molecule has 2 aromatic carbocycles. The number of allylic oxidation sites excluding steroid dienone is 2. The van der Waals surface area contributed by atoms with Crippen LogP contribution in [-0.4, -0.2) is 11.1 Å². The zero-order chi connectivity index (χ0) is 26.1. The van der Waals surface area contributed by atoms with Crippen LogP contribution in [0.25, 0.3) is 0 Å². The minimum Gasteiger partial charge on any atom is -0.339 e. The summed E-state index contributed by atoms with van der Waals surface area (Å²) in [7, 11) is 0. The van der Waals surface area contributed by atoms with Gasteiger partial charge in [-0.2, -0.15) is 0 Å². The lowest BCUT2D eigenvalue weighted by Crippen LogP contribution is -2.49. The highest BCUT2D eigenvalue weighted by atomic mass is 15.3. The number of benzene rings is 2. The molecule has 2 heterocycles. The Morgan fingerprint density at radius 3 is 1.69 bits per heavy atom. The van der Waals surface area contributed by atoms with E-state index in [1.54, 1.807) is 0 Å². The molecule has 2 aliphatic rings. The van der Waals surface area contributed by atoms with Crippen molar-refractivity contribution < 1.29 is 0 Å². The van der Waals surface area contributed by atoms with Gasteiger partial charge in [0.15, 0.2) is 0 Å². The van der Waals surface area contributed by atoms with E-state index in [9.17, 15) is 0 Å². The summed E-state index contributed by atoms with van der Waals surface area (Å²) in [4.78, 5) is 5.25. The lowest BCUT2D eigenvalue weighted by molar-refractivity contribution is 0.273. The van der Waals surface area contributed by atoms with Crippen molar-refractivity contribution in [3.05, 3.63) is 82.2 Å². The molecule has 2 aliphatic heterocycles. The number of aryl methyl sites for hydroxylation is 1. The van der Waals surface area contributed by atoms with Gasteiger partial charge < -0.3 is 9.80 Å². The summed E-state index contributed by atoms with van der Waals surface area (Å²) in [5.74, 6) is 0. The lowest BCUT2D eigenvalue weighted by atomic mass is 9.71. The predicted molar refractivity (Wildman–Crippen MR) is 153 cm³/mol. The van der Waals surface area contributed by atoms with Crippen LogP contribution in [-0.2, 0) is 6.42 Å². The Hall–Kier alpha value is -2.48. The van der Waals surface area contributed by atoms with E-state index in [1.807, 2.05) is 0 Å². The molecule has 0 aromatic heterocycles. The van der Waals surface area contributed by atoms with Crippen molar-refractivity contribution in [1.29, 1.82) is 0 Å². The Morgan fingerprint density at radius 2 is 1.14 bits per heavy atom. The van der Waals surface area contributed by atoms with E-state index < -0.39 is 0 Å². The molecule has 2 nitrogen and oxygen atoms in total. The second-order valence-corrected chi connectivity index (χ2v) is 12.9. The van der Waals surface area contributed by atoms with E-state index in [-0.39, 0.29) is 21.9 Å². The molecule has 35 heavy (non-hydrogen) atoms. The smallest absolute Gasteiger partial charge is 0.0480 e. The first-order chi connectivity index (χ1) is 16.1. The fourth-order valence-corrected chi connectivity index (χ4v) is 6.46. The van der Waals surface area contributed by atoms with Gasteiger partial charge >= 0.3 is 0 Å². The van der Waals surface area contributed by atoms with Gasteiger partial charge in [0.25, 0.3) is 0 Å². The molecule has 2 heteroatoms. The summed E-state index contributed by atoms with van der Waals surface area (Å²) >= 11 is 0. The standard InChI is InChI=1S/C33H46N2/c1-22-17-16-18-26(29(22)34-25(4)23(2)30(5,6)32(34,9)10)21-28-24(3)31(7,8)33(11,12)35(28)27-19-14-13-15-20-27/h13-20H,21H2,1-12H3. The van der Waals surface area contributed by atoms with Crippen molar-refractivity contribution in [2.45, 2.75) is 101 Å². The molecule has 0 atom stereocenters. The van der Waals surface area contributed by atoms with Crippen LogP contribution in [0, 0.1) is 17.8 Å². The second kappa shape index (κ2) is 8.02. The largest absolute Gasteiger partial charge is 0.339 e. The maximum absolute atomic E-state index is 2.64. The van der Waals surface area contributed by atoms with Gasteiger partial charge in [-0.05, 0) is 89.8 Å². The third-order valence-electron chi connectivity index (χ3n) is 10.6. The average Bonchev–Trinajstić information content (AvgIpc) is 2.98. The van der Waals surface area contributed by atoms with Gasteiger partial charge in [-0.25, -0.2) is 0 Å². The van der Waals surface area contributed by atoms with Crippen LogP contribution in [0.3, 0.4) is 0 Å². The Labute approximate surface area is 214 Å². The fourth-order valence-electron chi connectivity index (χ4n) is 6.46. The molecule has 4 rings (SSSR count). The highest BCUT2D eigenvalue weighted by molar-refractivity contribution is 5.70. The van der Waals surface area contributed by atoms with Crippen molar-refractivity contribution in [2.24, 2.45) is 10.8 Å². The van der Waals surface area contributed by atoms with Gasteiger partial charge in [0.1, 0.15) is 0 Å². The van der Waals surface area contributed by atoms with E-state index in [0.717, 1.165) is 6.42 Å². The van der Waals surface area contributed by atoms with Crippen molar-refractivity contribution in [3.8, 4) is 0 Å². The summed E-state index contributed by atoms with van der Waals surface area (Å²) in [6.07, 6.45) is 0.921. The molecule has 0 amide bonds. The van der Waals surface area contributed by atoms with E-state index in [1.165, 1.54) is 45.0 Å². The maximum atomic E-state index is 2.64.